The Labute approximate surface area is 151 Å². The Balaban J connectivity index is 3.30. The lowest BCUT2D eigenvalue weighted by Gasteiger charge is -2.21. The molecule has 0 saturated carbocycles. The van der Waals surface area contributed by atoms with Crippen LogP contribution in [0.4, 0.5) is 0 Å². The fraction of sp³-hybridized carbons (Fsp3) is 0.952. The summed E-state index contributed by atoms with van der Waals surface area (Å²) in [6, 6.07) is 0. The monoisotopic (exact) mass is 341 g/mol. The van der Waals surface area contributed by atoms with Crippen LogP contribution in [0.2, 0.25) is 0 Å². The molecule has 0 bridgehead atoms. The smallest absolute Gasteiger partial charge is 0.293 e. The zero-order valence-electron chi connectivity index (χ0n) is 16.6. The van der Waals surface area contributed by atoms with Gasteiger partial charge < -0.3 is 9.64 Å². The number of unbranched alkanes of at least 4 members (excludes halogenated alkanes) is 11. The molecular weight excluding hydrogens is 298 g/mol. The van der Waals surface area contributed by atoms with Gasteiger partial charge in [0.25, 0.3) is 6.47 Å². The van der Waals surface area contributed by atoms with E-state index in [1.807, 2.05) is 0 Å². The second-order valence-corrected chi connectivity index (χ2v) is 7.05. The zero-order chi connectivity index (χ0) is 17.7. The lowest BCUT2D eigenvalue weighted by atomic mass is 10.1. The molecule has 0 rings (SSSR count). The van der Waals surface area contributed by atoms with Crippen molar-refractivity contribution >= 4 is 6.47 Å². The summed E-state index contributed by atoms with van der Waals surface area (Å²) < 4.78 is 4.69. The van der Waals surface area contributed by atoms with Gasteiger partial charge in [0.05, 0.1) is 6.61 Å². The molecule has 0 aromatic carbocycles. The van der Waals surface area contributed by atoms with E-state index in [1.54, 1.807) is 0 Å². The number of hydrogen-bond acceptors (Lipinski definition) is 3. The Morgan fingerprint density at radius 1 is 0.625 bits per heavy atom. The van der Waals surface area contributed by atoms with Crippen molar-refractivity contribution in [1.82, 2.24) is 4.90 Å². The van der Waals surface area contributed by atoms with Gasteiger partial charge in [-0.15, -0.1) is 0 Å². The number of ether oxygens (including phenoxy) is 1. The van der Waals surface area contributed by atoms with Crippen LogP contribution in [0.3, 0.4) is 0 Å². The van der Waals surface area contributed by atoms with Crippen LogP contribution >= 0.6 is 0 Å². The molecule has 0 aromatic rings. The SMILES string of the molecule is CCCCN(CCCC)CCCCCCCCCCCCOC=O. The van der Waals surface area contributed by atoms with Crippen LogP contribution in [0.5, 0.6) is 0 Å². The van der Waals surface area contributed by atoms with Gasteiger partial charge in [0, 0.05) is 0 Å². The van der Waals surface area contributed by atoms with Crippen LogP contribution in [0.15, 0.2) is 0 Å². The minimum absolute atomic E-state index is 0.548. The molecule has 144 valence electrons. The topological polar surface area (TPSA) is 29.5 Å². The second kappa shape index (κ2) is 20.5. The largest absolute Gasteiger partial charge is 0.468 e. The summed E-state index contributed by atoms with van der Waals surface area (Å²) in [7, 11) is 0. The van der Waals surface area contributed by atoms with Crippen molar-refractivity contribution in [3.63, 3.8) is 0 Å². The minimum Gasteiger partial charge on any atom is -0.468 e. The van der Waals surface area contributed by atoms with E-state index in [0.717, 1.165) is 6.42 Å². The summed E-state index contributed by atoms with van der Waals surface area (Å²) in [4.78, 5) is 12.7. The first-order chi connectivity index (χ1) is 11.8. The third kappa shape index (κ3) is 17.8. The highest BCUT2D eigenvalue weighted by Gasteiger charge is 2.03. The second-order valence-electron chi connectivity index (χ2n) is 7.05. The summed E-state index contributed by atoms with van der Waals surface area (Å²) in [5.74, 6) is 0. The molecule has 24 heavy (non-hydrogen) atoms. The van der Waals surface area contributed by atoms with Gasteiger partial charge >= 0.3 is 0 Å². The van der Waals surface area contributed by atoms with E-state index in [2.05, 4.69) is 18.7 Å². The average molecular weight is 342 g/mol. The van der Waals surface area contributed by atoms with Gasteiger partial charge in [0.1, 0.15) is 0 Å². The first-order valence-electron chi connectivity index (χ1n) is 10.6. The van der Waals surface area contributed by atoms with Crippen molar-refractivity contribution in [2.24, 2.45) is 0 Å². The van der Waals surface area contributed by atoms with Crippen molar-refractivity contribution in [2.75, 3.05) is 26.2 Å². The molecule has 0 spiro atoms. The van der Waals surface area contributed by atoms with Gasteiger partial charge in [-0.3, -0.25) is 4.79 Å². The number of carbonyl (C=O) groups is 1. The Morgan fingerprint density at radius 3 is 1.50 bits per heavy atom. The van der Waals surface area contributed by atoms with Crippen molar-refractivity contribution in [1.29, 1.82) is 0 Å². The van der Waals surface area contributed by atoms with E-state index in [1.165, 1.54) is 103 Å². The molecule has 0 radical (unpaired) electrons. The predicted octanol–water partition coefficient (Wildman–Crippen LogP) is 5.96. The Bertz CT molecular complexity index is 238. The van der Waals surface area contributed by atoms with Crippen molar-refractivity contribution in [3.8, 4) is 0 Å². The van der Waals surface area contributed by atoms with Crippen LogP contribution < -0.4 is 0 Å². The normalized spacial score (nSPS) is 11.1. The summed E-state index contributed by atoms with van der Waals surface area (Å²) in [5, 5.41) is 0. The maximum atomic E-state index is 9.99. The quantitative estimate of drug-likeness (QED) is 0.202. The lowest BCUT2D eigenvalue weighted by molar-refractivity contribution is -0.128. The first-order valence-corrected chi connectivity index (χ1v) is 10.6. The van der Waals surface area contributed by atoms with Gasteiger partial charge in [-0.1, -0.05) is 78.1 Å². The highest BCUT2D eigenvalue weighted by molar-refractivity contribution is 5.36. The molecule has 0 aromatic heterocycles. The molecule has 0 fully saturated rings. The molecule has 0 aliphatic rings. The minimum atomic E-state index is 0.548. The third-order valence-electron chi connectivity index (χ3n) is 4.71. The predicted molar refractivity (Wildman–Crippen MR) is 104 cm³/mol. The van der Waals surface area contributed by atoms with Crippen molar-refractivity contribution < 1.29 is 9.53 Å². The standard InChI is InChI=1S/C21H43NO2/c1-3-5-17-22(18-6-4-2)19-15-13-11-9-7-8-10-12-14-16-20-24-21-23/h21H,3-20H2,1-2H3. The molecular formula is C21H43NO2. The van der Waals surface area contributed by atoms with Crippen molar-refractivity contribution in [3.05, 3.63) is 0 Å². The number of rotatable bonds is 20. The Morgan fingerprint density at radius 2 is 1.04 bits per heavy atom. The Hall–Kier alpha value is -0.570. The molecule has 0 saturated heterocycles. The van der Waals surface area contributed by atoms with E-state index in [0.29, 0.717) is 13.1 Å². The maximum absolute atomic E-state index is 9.99. The van der Waals surface area contributed by atoms with E-state index >= 15 is 0 Å². The number of carbonyl (C=O) groups excluding carboxylic acids is 1. The number of nitrogens with zero attached hydrogens (tertiary/aromatic N) is 1. The van der Waals surface area contributed by atoms with E-state index in [9.17, 15) is 4.79 Å². The van der Waals surface area contributed by atoms with Gasteiger partial charge in [0.2, 0.25) is 0 Å². The van der Waals surface area contributed by atoms with Gasteiger partial charge in [-0.2, -0.15) is 0 Å². The van der Waals surface area contributed by atoms with Crippen LogP contribution in [0, 0.1) is 0 Å². The van der Waals surface area contributed by atoms with Gasteiger partial charge in [-0.05, 0) is 45.3 Å². The molecule has 0 amide bonds. The van der Waals surface area contributed by atoms with Gasteiger partial charge in [0.15, 0.2) is 0 Å². The molecule has 0 heterocycles. The third-order valence-corrected chi connectivity index (χ3v) is 4.71. The molecule has 0 atom stereocenters. The van der Waals surface area contributed by atoms with E-state index in [4.69, 9.17) is 4.74 Å². The molecule has 0 unspecified atom stereocenters. The van der Waals surface area contributed by atoms with Crippen LogP contribution in [0.1, 0.15) is 104 Å². The fourth-order valence-electron chi connectivity index (χ4n) is 3.08. The molecule has 0 N–H and O–H groups in total. The summed E-state index contributed by atoms with van der Waals surface area (Å²) in [5.41, 5.74) is 0. The maximum Gasteiger partial charge on any atom is 0.293 e. The van der Waals surface area contributed by atoms with Crippen LogP contribution in [-0.4, -0.2) is 37.6 Å². The number of hydrogen-bond donors (Lipinski definition) is 0. The average Bonchev–Trinajstić information content (AvgIpc) is 2.60. The molecule has 3 heteroatoms. The fourth-order valence-corrected chi connectivity index (χ4v) is 3.08. The van der Waals surface area contributed by atoms with Crippen LogP contribution in [0.25, 0.3) is 0 Å². The first kappa shape index (κ1) is 23.4. The van der Waals surface area contributed by atoms with Crippen LogP contribution in [-0.2, 0) is 9.53 Å². The van der Waals surface area contributed by atoms with E-state index < -0.39 is 0 Å². The summed E-state index contributed by atoms with van der Waals surface area (Å²) in [6.45, 7) is 9.63. The summed E-state index contributed by atoms with van der Waals surface area (Å²) in [6.07, 6.45) is 18.5. The van der Waals surface area contributed by atoms with Crippen molar-refractivity contribution in [2.45, 2.75) is 104 Å². The highest BCUT2D eigenvalue weighted by Crippen LogP contribution is 2.11. The zero-order valence-corrected chi connectivity index (χ0v) is 16.6. The van der Waals surface area contributed by atoms with Gasteiger partial charge in [-0.25, -0.2) is 0 Å². The Kier molecular flexibility index (Phi) is 20.0. The van der Waals surface area contributed by atoms with E-state index in [-0.39, 0.29) is 0 Å². The lowest BCUT2D eigenvalue weighted by Crippen LogP contribution is -2.27. The summed E-state index contributed by atoms with van der Waals surface area (Å²) >= 11 is 0. The highest BCUT2D eigenvalue weighted by atomic mass is 16.5. The molecule has 3 nitrogen and oxygen atoms in total. The molecule has 0 aliphatic carbocycles. The molecule has 0 aliphatic heterocycles.